The quantitative estimate of drug-likeness (QED) is 0.835. The molecule has 16 heavy (non-hydrogen) atoms. The molecule has 2 rings (SSSR count). The summed E-state index contributed by atoms with van der Waals surface area (Å²) in [4.78, 5) is 4.20. The molecule has 0 bridgehead atoms. The zero-order chi connectivity index (χ0) is 11.7. The van der Waals surface area contributed by atoms with Gasteiger partial charge in [-0.2, -0.15) is 9.67 Å². The van der Waals surface area contributed by atoms with Gasteiger partial charge in [-0.1, -0.05) is 24.6 Å². The van der Waals surface area contributed by atoms with E-state index in [1.54, 1.807) is 4.68 Å². The van der Waals surface area contributed by atoms with Crippen LogP contribution in [0.15, 0.2) is 18.2 Å². The van der Waals surface area contributed by atoms with Crippen LogP contribution in [0.2, 0.25) is 0 Å². The largest absolute Gasteiger partial charge is 0.368 e. The van der Waals surface area contributed by atoms with Gasteiger partial charge in [0.15, 0.2) is 5.82 Å². The van der Waals surface area contributed by atoms with E-state index in [9.17, 15) is 0 Å². The second kappa shape index (κ2) is 3.96. The molecule has 2 aromatic rings. The average Bonchev–Trinajstić information content (AvgIpc) is 2.60. The summed E-state index contributed by atoms with van der Waals surface area (Å²) in [5.74, 6) is 1.22. The third-order valence-corrected chi connectivity index (χ3v) is 2.57. The number of benzene rings is 1. The van der Waals surface area contributed by atoms with Crippen molar-refractivity contribution >= 4 is 5.95 Å². The number of hydrogen-bond donors (Lipinski definition) is 1. The van der Waals surface area contributed by atoms with Crippen molar-refractivity contribution < 1.29 is 0 Å². The fraction of sp³-hybridized carbons (Fsp3) is 0.333. The van der Waals surface area contributed by atoms with Gasteiger partial charge in [0.2, 0.25) is 5.95 Å². The summed E-state index contributed by atoms with van der Waals surface area (Å²) in [6.07, 6.45) is 0.794. The van der Waals surface area contributed by atoms with E-state index < -0.39 is 0 Å². The number of nitrogens with two attached hydrogens (primary N) is 1. The van der Waals surface area contributed by atoms with Crippen molar-refractivity contribution in [2.75, 3.05) is 5.73 Å². The van der Waals surface area contributed by atoms with Gasteiger partial charge in [-0.15, -0.1) is 5.10 Å². The molecule has 1 aromatic heterocycles. The monoisotopic (exact) mass is 216 g/mol. The predicted octanol–water partition coefficient (Wildman–Crippen LogP) is 2.03. The molecule has 0 saturated carbocycles. The summed E-state index contributed by atoms with van der Waals surface area (Å²) >= 11 is 0. The first-order valence-electron chi connectivity index (χ1n) is 5.41. The highest BCUT2D eigenvalue weighted by Gasteiger charge is 2.09. The number of aromatic nitrogens is 3. The number of nitrogen functional groups attached to an aromatic ring is 1. The van der Waals surface area contributed by atoms with Crippen molar-refractivity contribution in [1.29, 1.82) is 0 Å². The van der Waals surface area contributed by atoms with Crippen LogP contribution in [0.5, 0.6) is 0 Å². The molecule has 2 N–H and O–H groups in total. The number of nitrogens with zero attached hydrogens (tertiary/aromatic N) is 3. The van der Waals surface area contributed by atoms with E-state index in [1.807, 2.05) is 13.0 Å². The fourth-order valence-electron chi connectivity index (χ4n) is 1.74. The molecule has 0 radical (unpaired) electrons. The smallest absolute Gasteiger partial charge is 0.223 e. The Morgan fingerprint density at radius 1 is 1.31 bits per heavy atom. The molecule has 0 aliphatic heterocycles. The van der Waals surface area contributed by atoms with Crippen LogP contribution in [-0.2, 0) is 6.42 Å². The standard InChI is InChI=1S/C12H16N4/c1-4-11-14-12(13)16(15-11)10-6-5-8(2)7-9(10)3/h5-7H,4H2,1-3H3,(H2,13,14,15). The maximum absolute atomic E-state index is 5.85. The Labute approximate surface area is 95.1 Å². The molecular weight excluding hydrogens is 200 g/mol. The molecule has 0 amide bonds. The van der Waals surface area contributed by atoms with E-state index in [0.717, 1.165) is 23.5 Å². The summed E-state index contributed by atoms with van der Waals surface area (Å²) in [5, 5.41) is 4.37. The summed E-state index contributed by atoms with van der Waals surface area (Å²) < 4.78 is 1.70. The van der Waals surface area contributed by atoms with Crippen molar-refractivity contribution in [2.45, 2.75) is 27.2 Å². The first-order chi connectivity index (χ1) is 7.61. The van der Waals surface area contributed by atoms with Crippen LogP contribution in [0.4, 0.5) is 5.95 Å². The molecule has 84 valence electrons. The Hall–Kier alpha value is -1.84. The zero-order valence-electron chi connectivity index (χ0n) is 9.86. The number of rotatable bonds is 2. The highest BCUT2D eigenvalue weighted by molar-refractivity contribution is 5.45. The van der Waals surface area contributed by atoms with Gasteiger partial charge in [-0.05, 0) is 25.5 Å². The van der Waals surface area contributed by atoms with Gasteiger partial charge in [0.05, 0.1) is 5.69 Å². The van der Waals surface area contributed by atoms with Crippen LogP contribution in [0.1, 0.15) is 23.9 Å². The van der Waals surface area contributed by atoms with E-state index in [1.165, 1.54) is 5.56 Å². The molecule has 0 aliphatic rings. The SMILES string of the molecule is CCc1nc(N)n(-c2ccc(C)cc2C)n1. The van der Waals surface area contributed by atoms with E-state index in [0.29, 0.717) is 5.95 Å². The lowest BCUT2D eigenvalue weighted by Crippen LogP contribution is -2.04. The molecule has 0 saturated heterocycles. The topological polar surface area (TPSA) is 56.7 Å². The zero-order valence-corrected chi connectivity index (χ0v) is 9.86. The molecule has 0 unspecified atom stereocenters. The molecule has 0 atom stereocenters. The molecular formula is C12H16N4. The van der Waals surface area contributed by atoms with Crippen molar-refractivity contribution in [3.8, 4) is 5.69 Å². The highest BCUT2D eigenvalue weighted by Crippen LogP contribution is 2.17. The van der Waals surface area contributed by atoms with Gasteiger partial charge in [-0.25, -0.2) is 0 Å². The summed E-state index contributed by atoms with van der Waals surface area (Å²) in [6.45, 7) is 6.13. The molecule has 4 nitrogen and oxygen atoms in total. The van der Waals surface area contributed by atoms with Crippen LogP contribution in [0, 0.1) is 13.8 Å². The van der Waals surface area contributed by atoms with E-state index >= 15 is 0 Å². The van der Waals surface area contributed by atoms with Gasteiger partial charge >= 0.3 is 0 Å². The fourth-order valence-corrected chi connectivity index (χ4v) is 1.74. The van der Waals surface area contributed by atoms with Crippen LogP contribution < -0.4 is 5.73 Å². The lowest BCUT2D eigenvalue weighted by atomic mass is 10.1. The predicted molar refractivity (Wildman–Crippen MR) is 64.6 cm³/mol. The third kappa shape index (κ3) is 1.78. The Morgan fingerprint density at radius 2 is 2.06 bits per heavy atom. The van der Waals surface area contributed by atoms with Crippen LogP contribution >= 0.6 is 0 Å². The van der Waals surface area contributed by atoms with Crippen molar-refractivity contribution in [2.24, 2.45) is 0 Å². The first-order valence-corrected chi connectivity index (χ1v) is 5.41. The van der Waals surface area contributed by atoms with Gasteiger partial charge in [-0.3, -0.25) is 0 Å². The molecule has 0 spiro atoms. The number of hydrogen-bond acceptors (Lipinski definition) is 3. The number of aryl methyl sites for hydroxylation is 3. The first kappa shape index (κ1) is 10.7. The van der Waals surface area contributed by atoms with Gasteiger partial charge in [0.25, 0.3) is 0 Å². The van der Waals surface area contributed by atoms with Crippen molar-refractivity contribution in [3.63, 3.8) is 0 Å². The third-order valence-electron chi connectivity index (χ3n) is 2.57. The normalized spacial score (nSPS) is 10.7. The summed E-state index contributed by atoms with van der Waals surface area (Å²) in [6, 6.07) is 6.19. The molecule has 1 aromatic carbocycles. The molecule has 1 heterocycles. The Kier molecular flexibility index (Phi) is 2.64. The number of anilines is 1. The second-order valence-electron chi connectivity index (χ2n) is 3.94. The van der Waals surface area contributed by atoms with Crippen molar-refractivity contribution in [1.82, 2.24) is 14.8 Å². The Morgan fingerprint density at radius 3 is 2.62 bits per heavy atom. The van der Waals surface area contributed by atoms with Crippen LogP contribution in [0.3, 0.4) is 0 Å². The lowest BCUT2D eigenvalue weighted by Gasteiger charge is -2.07. The maximum Gasteiger partial charge on any atom is 0.223 e. The maximum atomic E-state index is 5.85. The van der Waals surface area contributed by atoms with E-state index in [4.69, 9.17) is 5.73 Å². The van der Waals surface area contributed by atoms with Gasteiger partial charge in [0.1, 0.15) is 0 Å². The Bertz CT molecular complexity index is 514. The highest BCUT2D eigenvalue weighted by atomic mass is 15.4. The molecule has 0 aliphatic carbocycles. The van der Waals surface area contributed by atoms with Gasteiger partial charge in [0, 0.05) is 6.42 Å². The summed E-state index contributed by atoms with van der Waals surface area (Å²) in [7, 11) is 0. The minimum atomic E-state index is 0.448. The van der Waals surface area contributed by atoms with Crippen LogP contribution in [-0.4, -0.2) is 14.8 Å². The summed E-state index contributed by atoms with van der Waals surface area (Å²) in [5.41, 5.74) is 9.23. The Balaban J connectivity index is 2.53. The second-order valence-corrected chi connectivity index (χ2v) is 3.94. The lowest BCUT2D eigenvalue weighted by molar-refractivity contribution is 0.840. The van der Waals surface area contributed by atoms with E-state index in [2.05, 4.69) is 36.1 Å². The van der Waals surface area contributed by atoms with Crippen LogP contribution in [0.25, 0.3) is 5.69 Å². The minimum Gasteiger partial charge on any atom is -0.368 e. The van der Waals surface area contributed by atoms with Gasteiger partial charge < -0.3 is 5.73 Å². The van der Waals surface area contributed by atoms with Crippen molar-refractivity contribution in [3.05, 3.63) is 35.2 Å². The molecule has 0 fully saturated rings. The van der Waals surface area contributed by atoms with E-state index in [-0.39, 0.29) is 0 Å². The minimum absolute atomic E-state index is 0.448. The average molecular weight is 216 g/mol. The molecule has 4 heteroatoms.